The van der Waals surface area contributed by atoms with Crippen molar-refractivity contribution in [2.24, 2.45) is 0 Å². The minimum Gasteiger partial charge on any atom is -0.477 e. The van der Waals surface area contributed by atoms with Gasteiger partial charge in [-0.1, -0.05) is 66.7 Å². The third-order valence-electron chi connectivity index (χ3n) is 6.89. The minimum atomic E-state index is -1.60. The van der Waals surface area contributed by atoms with Gasteiger partial charge in [-0.3, -0.25) is 14.5 Å². The summed E-state index contributed by atoms with van der Waals surface area (Å²) in [5, 5.41) is 29.3. The summed E-state index contributed by atoms with van der Waals surface area (Å²) < 4.78 is 5.32. The fourth-order valence-electron chi connectivity index (χ4n) is 4.72. The molecule has 43 heavy (non-hydrogen) atoms. The molecule has 2 atom stereocenters. The Balaban J connectivity index is 0.000000208. The van der Waals surface area contributed by atoms with Crippen LogP contribution in [0.4, 0.5) is 0 Å². The van der Waals surface area contributed by atoms with E-state index in [1.165, 1.54) is 41.3 Å². The van der Waals surface area contributed by atoms with E-state index in [9.17, 15) is 24.6 Å². The number of nitrogens with one attached hydrogen (secondary N) is 3. The van der Waals surface area contributed by atoms with Gasteiger partial charge in [0, 0.05) is 43.9 Å². The SMILES string of the molecule is COC1(NC(=O)Cc2cccs2)C(=O)N2C(C(=O)O)=C(CO)CS[C@H]21.c1ccc(CNCCNCc2ccccc2)cc1. The van der Waals surface area contributed by atoms with Gasteiger partial charge in [0.25, 0.3) is 11.6 Å². The maximum atomic E-state index is 12.7. The van der Waals surface area contributed by atoms with E-state index in [1.54, 1.807) is 0 Å². The van der Waals surface area contributed by atoms with Crippen molar-refractivity contribution in [3.05, 3.63) is 105 Å². The predicted octanol–water partition coefficient (Wildman–Crippen LogP) is 2.56. The summed E-state index contributed by atoms with van der Waals surface area (Å²) in [5.41, 5.74) is 1.09. The Labute approximate surface area is 259 Å². The van der Waals surface area contributed by atoms with Gasteiger partial charge in [0.1, 0.15) is 11.1 Å². The van der Waals surface area contributed by atoms with Crippen molar-refractivity contribution in [1.29, 1.82) is 0 Å². The highest BCUT2D eigenvalue weighted by atomic mass is 32.2. The van der Waals surface area contributed by atoms with E-state index < -0.39 is 29.6 Å². The molecule has 3 aromatic rings. The molecule has 0 aliphatic carbocycles. The van der Waals surface area contributed by atoms with E-state index in [0.29, 0.717) is 0 Å². The van der Waals surface area contributed by atoms with Crippen molar-refractivity contribution in [3.63, 3.8) is 0 Å². The number of hydrogen-bond donors (Lipinski definition) is 5. The summed E-state index contributed by atoms with van der Waals surface area (Å²) in [7, 11) is 1.30. The number of rotatable bonds is 13. The van der Waals surface area contributed by atoms with Crippen LogP contribution in [0.15, 0.2) is 89.4 Å². The highest BCUT2D eigenvalue weighted by Crippen LogP contribution is 2.46. The highest BCUT2D eigenvalue weighted by Gasteiger charge is 2.66. The molecule has 12 heteroatoms. The second kappa shape index (κ2) is 15.8. The first-order valence-corrected chi connectivity index (χ1v) is 15.7. The Bertz CT molecular complexity index is 1340. The molecule has 2 amide bonds. The van der Waals surface area contributed by atoms with Gasteiger partial charge in [-0.05, 0) is 28.1 Å². The van der Waals surface area contributed by atoms with Crippen molar-refractivity contribution in [1.82, 2.24) is 20.9 Å². The quantitative estimate of drug-likeness (QED) is 0.110. The van der Waals surface area contributed by atoms with Crippen LogP contribution >= 0.6 is 23.1 Å². The Hall–Kier alpha value is -3.52. The molecule has 1 aromatic heterocycles. The van der Waals surface area contributed by atoms with Gasteiger partial charge >= 0.3 is 5.97 Å². The van der Waals surface area contributed by atoms with Crippen LogP contribution in [-0.2, 0) is 38.6 Å². The fourth-order valence-corrected chi connectivity index (χ4v) is 6.85. The van der Waals surface area contributed by atoms with E-state index in [2.05, 4.69) is 64.5 Å². The monoisotopic (exact) mass is 624 g/mol. The number of β-lactam (4-membered cyclic amide) rings is 1. The van der Waals surface area contributed by atoms with Gasteiger partial charge in [-0.15, -0.1) is 23.1 Å². The van der Waals surface area contributed by atoms with E-state index in [1.807, 2.05) is 29.6 Å². The molecule has 228 valence electrons. The van der Waals surface area contributed by atoms with Crippen LogP contribution in [0, 0.1) is 0 Å². The summed E-state index contributed by atoms with van der Waals surface area (Å²) in [6.45, 7) is 3.40. The average molecular weight is 625 g/mol. The second-order valence-electron chi connectivity index (χ2n) is 9.82. The first-order valence-electron chi connectivity index (χ1n) is 13.8. The lowest BCUT2D eigenvalue weighted by molar-refractivity contribution is -0.192. The number of thioether (sulfide) groups is 1. The molecule has 5 N–H and O–H groups in total. The maximum Gasteiger partial charge on any atom is 0.352 e. The van der Waals surface area contributed by atoms with E-state index in [4.69, 9.17) is 4.74 Å². The van der Waals surface area contributed by atoms with Crippen molar-refractivity contribution in [2.75, 3.05) is 32.6 Å². The summed E-state index contributed by atoms with van der Waals surface area (Å²) >= 11 is 2.67. The average Bonchev–Trinajstić information content (AvgIpc) is 3.54. The molecule has 0 saturated carbocycles. The number of aliphatic hydroxyl groups is 1. The van der Waals surface area contributed by atoms with Crippen LogP contribution in [0.25, 0.3) is 0 Å². The number of aliphatic carboxylic acids is 1. The number of fused-ring (bicyclic) bond motifs is 1. The number of amides is 2. The molecule has 10 nitrogen and oxygen atoms in total. The minimum absolute atomic E-state index is 0.108. The Morgan fingerprint density at radius 3 is 2.07 bits per heavy atom. The zero-order chi connectivity index (χ0) is 30.7. The molecule has 1 unspecified atom stereocenters. The number of carbonyl (C=O) groups excluding carboxylic acids is 2. The molecule has 2 aliphatic heterocycles. The van der Waals surface area contributed by atoms with Crippen molar-refractivity contribution < 1.29 is 29.3 Å². The first kappa shape index (κ1) is 32.4. The lowest BCUT2D eigenvalue weighted by atomic mass is 9.98. The largest absolute Gasteiger partial charge is 0.477 e. The van der Waals surface area contributed by atoms with Gasteiger partial charge in [0.05, 0.1) is 13.0 Å². The van der Waals surface area contributed by atoms with Gasteiger partial charge in [0.15, 0.2) is 0 Å². The molecule has 3 heterocycles. The predicted molar refractivity (Wildman–Crippen MR) is 167 cm³/mol. The van der Waals surface area contributed by atoms with Gasteiger partial charge in [-0.2, -0.15) is 0 Å². The molecule has 0 radical (unpaired) electrons. The number of thiophene rings is 1. The van der Waals surface area contributed by atoms with Crippen LogP contribution in [0.5, 0.6) is 0 Å². The van der Waals surface area contributed by atoms with Crippen LogP contribution in [-0.4, -0.2) is 76.6 Å². The molecule has 1 saturated heterocycles. The number of hydrogen-bond acceptors (Lipinski definition) is 9. The van der Waals surface area contributed by atoms with Crippen molar-refractivity contribution >= 4 is 40.9 Å². The molecule has 2 aliphatic rings. The molecular formula is C31H36N4O6S2. The zero-order valence-electron chi connectivity index (χ0n) is 23.8. The lowest BCUT2D eigenvalue weighted by Gasteiger charge is -2.55. The van der Waals surface area contributed by atoms with E-state index in [0.717, 1.165) is 36.0 Å². The third kappa shape index (κ3) is 8.11. The summed E-state index contributed by atoms with van der Waals surface area (Å²) in [4.78, 5) is 38.4. The summed E-state index contributed by atoms with van der Waals surface area (Å²) in [5.74, 6) is -2.10. The van der Waals surface area contributed by atoms with Crippen LogP contribution in [0.1, 0.15) is 16.0 Å². The number of methoxy groups -OCH3 is 1. The number of nitrogens with zero attached hydrogens (tertiary/aromatic N) is 1. The Morgan fingerprint density at radius 1 is 0.977 bits per heavy atom. The molecule has 0 spiro atoms. The third-order valence-corrected chi connectivity index (χ3v) is 9.14. The summed E-state index contributed by atoms with van der Waals surface area (Å²) in [6, 6.07) is 24.6. The van der Waals surface area contributed by atoms with Gasteiger partial charge < -0.3 is 30.9 Å². The topological polar surface area (TPSA) is 140 Å². The Morgan fingerprint density at radius 2 is 1.58 bits per heavy atom. The normalized spacial score (nSPS) is 19.2. The van der Waals surface area contributed by atoms with Crippen molar-refractivity contribution in [2.45, 2.75) is 30.6 Å². The fraction of sp³-hybridized carbons (Fsp3) is 0.323. The summed E-state index contributed by atoms with van der Waals surface area (Å²) in [6.07, 6.45) is 0.108. The Kier molecular flexibility index (Phi) is 11.9. The number of ether oxygens (including phenoxy) is 1. The van der Waals surface area contributed by atoms with Crippen LogP contribution in [0.2, 0.25) is 0 Å². The van der Waals surface area contributed by atoms with E-state index >= 15 is 0 Å². The number of aliphatic hydroxyl groups excluding tert-OH is 1. The second-order valence-corrected chi connectivity index (χ2v) is 11.9. The smallest absolute Gasteiger partial charge is 0.352 e. The molecule has 0 bridgehead atoms. The van der Waals surface area contributed by atoms with Crippen LogP contribution < -0.4 is 16.0 Å². The maximum absolute atomic E-state index is 12.7. The number of carboxylic acid groups (broad SMARTS) is 1. The number of carboxylic acids is 1. The highest BCUT2D eigenvalue weighted by molar-refractivity contribution is 8.00. The van der Waals surface area contributed by atoms with E-state index in [-0.39, 0.29) is 29.4 Å². The van der Waals surface area contributed by atoms with Crippen LogP contribution in [0.3, 0.4) is 0 Å². The zero-order valence-corrected chi connectivity index (χ0v) is 25.5. The molecule has 1 fully saturated rings. The van der Waals surface area contributed by atoms with Crippen molar-refractivity contribution in [3.8, 4) is 0 Å². The molecule has 2 aromatic carbocycles. The standard InChI is InChI=1S/C16H20N2.C15H16N2O6S2/c1-3-7-15(8-4-1)13-17-11-12-18-14-16-9-5-2-6-10-16;1-23-15(16-10(19)5-9-3-2-4-24-9)13(22)17-11(12(20)21)8(6-18)7-25-14(15)17/h1-10,17-18H,11-14H2;2-4,14,18H,5-7H2,1H3,(H,16,19)(H,20,21)/t;14-,15?/m.0/s1. The molecular weight excluding hydrogens is 588 g/mol. The van der Waals surface area contributed by atoms with Gasteiger partial charge in [-0.25, -0.2) is 4.79 Å². The number of carbonyl (C=O) groups is 3. The molecule has 5 rings (SSSR count). The van der Waals surface area contributed by atoms with Gasteiger partial charge in [0.2, 0.25) is 5.91 Å². The number of benzene rings is 2. The first-order chi connectivity index (χ1) is 20.9. The lowest BCUT2D eigenvalue weighted by Crippen LogP contribution is -2.80.